The Bertz CT molecular complexity index is 1500. The smallest absolute Gasteiger partial charge is 0.0991 e. The highest BCUT2D eigenvalue weighted by Crippen LogP contribution is 2.36. The predicted molar refractivity (Wildman–Crippen MR) is 121 cm³/mol. The predicted octanol–water partition coefficient (Wildman–Crippen LogP) is 6.96. The first-order valence-electron chi connectivity index (χ1n) is 9.68. The summed E-state index contributed by atoms with van der Waals surface area (Å²) in [5.41, 5.74) is 4.09. The van der Waals surface area contributed by atoms with Crippen molar-refractivity contribution >= 4 is 43.4 Å². The van der Waals surface area contributed by atoms with E-state index in [1.54, 1.807) is 0 Å². The van der Waals surface area contributed by atoms with Gasteiger partial charge in [-0.1, -0.05) is 48.5 Å². The molecule has 0 bridgehead atoms. The van der Waals surface area contributed by atoms with Crippen molar-refractivity contribution in [2.45, 2.75) is 0 Å². The summed E-state index contributed by atoms with van der Waals surface area (Å²) in [7, 11) is 0. The number of aromatic nitrogens is 1. The van der Waals surface area contributed by atoms with Gasteiger partial charge in [0.05, 0.1) is 22.7 Å². The molecular formula is C27H16N2. The molecule has 0 N–H and O–H groups in total. The van der Waals surface area contributed by atoms with Gasteiger partial charge in [0, 0.05) is 16.5 Å². The third-order valence-electron chi connectivity index (χ3n) is 5.75. The summed E-state index contributed by atoms with van der Waals surface area (Å²) >= 11 is 0. The van der Waals surface area contributed by atoms with Crippen molar-refractivity contribution in [2.24, 2.45) is 0 Å². The number of rotatable bonds is 1. The molecule has 5 aromatic carbocycles. The fourth-order valence-corrected chi connectivity index (χ4v) is 4.35. The van der Waals surface area contributed by atoms with E-state index in [-0.39, 0.29) is 0 Å². The molecule has 2 heteroatoms. The van der Waals surface area contributed by atoms with Gasteiger partial charge in [-0.05, 0) is 70.1 Å². The molecule has 29 heavy (non-hydrogen) atoms. The quantitative estimate of drug-likeness (QED) is 0.308. The number of hydrogen-bond donors (Lipinski definition) is 0. The minimum Gasteiger partial charge on any atom is -0.309 e. The fraction of sp³-hybridized carbons (Fsp3) is 0. The van der Waals surface area contributed by atoms with Crippen LogP contribution >= 0.6 is 0 Å². The van der Waals surface area contributed by atoms with Crippen LogP contribution in [0.2, 0.25) is 0 Å². The average Bonchev–Trinajstić information content (AvgIpc) is 3.08. The molecule has 0 saturated carbocycles. The Labute approximate surface area is 167 Å². The van der Waals surface area contributed by atoms with E-state index in [2.05, 4.69) is 83.4 Å². The molecule has 1 heterocycles. The number of benzene rings is 5. The van der Waals surface area contributed by atoms with E-state index in [0.717, 1.165) is 5.69 Å². The lowest BCUT2D eigenvalue weighted by molar-refractivity contribution is 1.18. The third kappa shape index (κ3) is 2.35. The van der Waals surface area contributed by atoms with Crippen LogP contribution in [-0.4, -0.2) is 4.57 Å². The Morgan fingerprint density at radius 3 is 1.45 bits per heavy atom. The van der Waals surface area contributed by atoms with Gasteiger partial charge in [-0.15, -0.1) is 0 Å². The largest absolute Gasteiger partial charge is 0.309 e. The zero-order valence-corrected chi connectivity index (χ0v) is 15.6. The Balaban J connectivity index is 1.82. The maximum absolute atomic E-state index is 9.18. The minimum atomic E-state index is 0.672. The van der Waals surface area contributed by atoms with Gasteiger partial charge in [0.2, 0.25) is 0 Å². The first kappa shape index (κ1) is 15.9. The lowest BCUT2D eigenvalue weighted by atomic mass is 10.0. The topological polar surface area (TPSA) is 28.7 Å². The monoisotopic (exact) mass is 368 g/mol. The molecule has 0 aliphatic rings. The fourth-order valence-electron chi connectivity index (χ4n) is 4.35. The molecule has 0 aliphatic heterocycles. The van der Waals surface area contributed by atoms with Crippen molar-refractivity contribution in [2.75, 3.05) is 0 Å². The van der Waals surface area contributed by atoms with Crippen LogP contribution in [0.1, 0.15) is 5.56 Å². The van der Waals surface area contributed by atoms with Crippen molar-refractivity contribution in [3.8, 4) is 11.8 Å². The molecule has 0 radical (unpaired) electrons. The Kier molecular flexibility index (Phi) is 3.27. The van der Waals surface area contributed by atoms with Gasteiger partial charge in [-0.25, -0.2) is 0 Å². The lowest BCUT2D eigenvalue weighted by Gasteiger charge is -2.09. The molecule has 0 aliphatic carbocycles. The molecule has 2 nitrogen and oxygen atoms in total. The van der Waals surface area contributed by atoms with E-state index in [1.165, 1.54) is 43.4 Å². The molecule has 0 unspecified atom stereocenters. The van der Waals surface area contributed by atoms with Crippen LogP contribution < -0.4 is 0 Å². The van der Waals surface area contributed by atoms with Gasteiger partial charge in [0.15, 0.2) is 0 Å². The molecule has 0 saturated heterocycles. The summed E-state index contributed by atoms with van der Waals surface area (Å²) in [6.07, 6.45) is 0. The second-order valence-corrected chi connectivity index (χ2v) is 7.43. The molecule has 0 atom stereocenters. The van der Waals surface area contributed by atoms with Crippen LogP contribution in [0.25, 0.3) is 49.0 Å². The van der Waals surface area contributed by atoms with Crippen molar-refractivity contribution in [3.05, 3.63) is 103 Å². The number of hydrogen-bond acceptors (Lipinski definition) is 1. The van der Waals surface area contributed by atoms with Crippen LogP contribution in [-0.2, 0) is 0 Å². The summed E-state index contributed by atoms with van der Waals surface area (Å²) in [6, 6.07) is 36.2. The van der Waals surface area contributed by atoms with Gasteiger partial charge in [-0.3, -0.25) is 0 Å². The average molecular weight is 368 g/mol. The van der Waals surface area contributed by atoms with E-state index in [0.29, 0.717) is 5.56 Å². The summed E-state index contributed by atoms with van der Waals surface area (Å²) in [6.45, 7) is 0. The number of nitrogens with zero attached hydrogens (tertiary/aromatic N) is 2. The SMILES string of the molecule is N#Cc1ccc(-n2c3cc4ccccc4cc3c3cc4ccccc4cc32)cc1. The maximum Gasteiger partial charge on any atom is 0.0991 e. The number of nitriles is 1. The molecule has 0 amide bonds. The van der Waals surface area contributed by atoms with Crippen molar-refractivity contribution < 1.29 is 0 Å². The Morgan fingerprint density at radius 1 is 0.552 bits per heavy atom. The summed E-state index contributed by atoms with van der Waals surface area (Å²) in [4.78, 5) is 0. The molecule has 6 aromatic rings. The van der Waals surface area contributed by atoms with Crippen molar-refractivity contribution in [3.63, 3.8) is 0 Å². The normalized spacial score (nSPS) is 11.4. The number of fused-ring (bicyclic) bond motifs is 5. The highest BCUT2D eigenvalue weighted by molar-refractivity contribution is 6.16. The molecule has 0 spiro atoms. The van der Waals surface area contributed by atoms with E-state index in [1.807, 2.05) is 24.3 Å². The van der Waals surface area contributed by atoms with Gasteiger partial charge in [0.25, 0.3) is 0 Å². The van der Waals surface area contributed by atoms with E-state index in [4.69, 9.17) is 0 Å². The molecule has 6 rings (SSSR count). The first-order chi connectivity index (χ1) is 14.3. The van der Waals surface area contributed by atoms with Gasteiger partial charge < -0.3 is 4.57 Å². The molecule has 0 fully saturated rings. The first-order valence-corrected chi connectivity index (χ1v) is 9.68. The standard InChI is InChI=1S/C27H16N2/c28-17-18-9-11-23(12-10-18)29-26-15-21-7-3-1-5-19(21)13-24(26)25-14-20-6-2-4-8-22(20)16-27(25)29/h1-16H. The van der Waals surface area contributed by atoms with Crippen LogP contribution in [0.3, 0.4) is 0 Å². The third-order valence-corrected chi connectivity index (χ3v) is 5.75. The van der Waals surface area contributed by atoms with E-state index < -0.39 is 0 Å². The van der Waals surface area contributed by atoms with Crippen LogP contribution in [0, 0.1) is 11.3 Å². The zero-order chi connectivity index (χ0) is 19.4. The van der Waals surface area contributed by atoms with E-state index >= 15 is 0 Å². The minimum absolute atomic E-state index is 0.672. The molecular weight excluding hydrogens is 352 g/mol. The zero-order valence-electron chi connectivity index (χ0n) is 15.6. The van der Waals surface area contributed by atoms with Crippen LogP contribution in [0.15, 0.2) is 97.1 Å². The van der Waals surface area contributed by atoms with Crippen molar-refractivity contribution in [1.82, 2.24) is 4.57 Å². The highest BCUT2D eigenvalue weighted by Gasteiger charge is 2.14. The second kappa shape index (κ2) is 5.95. The van der Waals surface area contributed by atoms with Gasteiger partial charge in [0.1, 0.15) is 0 Å². The van der Waals surface area contributed by atoms with E-state index in [9.17, 15) is 5.26 Å². The second-order valence-electron chi connectivity index (χ2n) is 7.43. The summed E-state index contributed by atoms with van der Waals surface area (Å²) in [5.74, 6) is 0. The van der Waals surface area contributed by atoms with Crippen molar-refractivity contribution in [1.29, 1.82) is 5.26 Å². The van der Waals surface area contributed by atoms with Crippen LogP contribution in [0.4, 0.5) is 0 Å². The van der Waals surface area contributed by atoms with Crippen LogP contribution in [0.5, 0.6) is 0 Å². The lowest BCUT2D eigenvalue weighted by Crippen LogP contribution is -1.94. The maximum atomic E-state index is 9.18. The Morgan fingerprint density at radius 2 is 1.00 bits per heavy atom. The Hall–Kier alpha value is -4.09. The van der Waals surface area contributed by atoms with Gasteiger partial charge in [-0.2, -0.15) is 5.26 Å². The summed E-state index contributed by atoms with van der Waals surface area (Å²) < 4.78 is 2.31. The highest BCUT2D eigenvalue weighted by atomic mass is 15.0. The molecule has 134 valence electrons. The molecule has 1 aromatic heterocycles. The van der Waals surface area contributed by atoms with Gasteiger partial charge >= 0.3 is 0 Å². The summed E-state index contributed by atoms with van der Waals surface area (Å²) in [5, 5.41) is 16.6.